The van der Waals surface area contributed by atoms with Crippen LogP contribution in [0.4, 0.5) is 0 Å². The van der Waals surface area contributed by atoms with Crippen LogP contribution in [0.1, 0.15) is 37.3 Å². The molecule has 1 aromatic rings. The van der Waals surface area contributed by atoms with Crippen LogP contribution in [0.5, 0.6) is 0 Å². The van der Waals surface area contributed by atoms with Crippen molar-refractivity contribution in [3.63, 3.8) is 0 Å². The van der Waals surface area contributed by atoms with Crippen LogP contribution in [0.3, 0.4) is 0 Å². The molecule has 0 N–H and O–H groups in total. The summed E-state index contributed by atoms with van der Waals surface area (Å²) in [5, 5.41) is 0. The molecule has 2 bridgehead atoms. The molecule has 3 aliphatic rings. The average molecular weight is 214 g/mol. The van der Waals surface area contributed by atoms with Crippen molar-refractivity contribution in [3.05, 3.63) is 35.4 Å². The van der Waals surface area contributed by atoms with Crippen LogP contribution in [0, 0.1) is 5.92 Å². The van der Waals surface area contributed by atoms with E-state index in [1.807, 2.05) is 0 Å². The lowest BCUT2D eigenvalue weighted by molar-refractivity contribution is 0.0370. The lowest BCUT2D eigenvalue weighted by Gasteiger charge is -2.45. The second-order valence-electron chi connectivity index (χ2n) is 5.96. The number of rotatable bonds is 0. The van der Waals surface area contributed by atoms with Crippen molar-refractivity contribution in [2.45, 2.75) is 50.2 Å². The summed E-state index contributed by atoms with van der Waals surface area (Å²) in [6, 6.07) is 9.02. The Morgan fingerprint density at radius 3 is 3.12 bits per heavy atom. The first-order chi connectivity index (χ1) is 7.77. The molecular formula is C15H18O. The first-order valence-corrected chi connectivity index (χ1v) is 6.51. The maximum atomic E-state index is 6.18. The van der Waals surface area contributed by atoms with Gasteiger partial charge in [0.1, 0.15) is 0 Å². The summed E-state index contributed by atoms with van der Waals surface area (Å²) in [5.74, 6) is 0.779. The number of hydrogen-bond donors (Lipinski definition) is 0. The van der Waals surface area contributed by atoms with E-state index in [4.69, 9.17) is 4.74 Å². The molecule has 0 aromatic heterocycles. The number of fused-ring (bicyclic) bond motifs is 3. The summed E-state index contributed by atoms with van der Waals surface area (Å²) < 4.78 is 6.18. The molecule has 2 fully saturated rings. The van der Waals surface area contributed by atoms with Gasteiger partial charge >= 0.3 is 0 Å². The van der Waals surface area contributed by atoms with Crippen LogP contribution in [0.2, 0.25) is 0 Å². The van der Waals surface area contributed by atoms with Crippen LogP contribution < -0.4 is 0 Å². The molecule has 4 atom stereocenters. The highest BCUT2D eigenvalue weighted by Crippen LogP contribution is 2.55. The predicted octanol–water partition coefficient (Wildman–Crippen LogP) is 3.07. The van der Waals surface area contributed by atoms with Crippen molar-refractivity contribution in [3.8, 4) is 0 Å². The molecule has 84 valence electrons. The van der Waals surface area contributed by atoms with Gasteiger partial charge in [-0.25, -0.2) is 0 Å². The van der Waals surface area contributed by atoms with E-state index in [1.54, 1.807) is 5.56 Å². The Labute approximate surface area is 96.8 Å². The molecule has 4 rings (SSSR count). The highest BCUT2D eigenvalue weighted by Gasteiger charge is 2.53. The van der Waals surface area contributed by atoms with Crippen LogP contribution >= 0.6 is 0 Å². The Bertz CT molecular complexity index is 439. The van der Waals surface area contributed by atoms with Crippen molar-refractivity contribution in [2.75, 3.05) is 0 Å². The van der Waals surface area contributed by atoms with Gasteiger partial charge in [0.05, 0.1) is 12.2 Å². The van der Waals surface area contributed by atoms with E-state index in [2.05, 4.69) is 31.2 Å². The summed E-state index contributed by atoms with van der Waals surface area (Å²) in [6.45, 7) is 2.47. The van der Waals surface area contributed by atoms with Crippen molar-refractivity contribution >= 4 is 0 Å². The molecule has 0 amide bonds. The molecule has 1 nitrogen and oxygen atoms in total. The van der Waals surface area contributed by atoms with Crippen LogP contribution in [-0.4, -0.2) is 12.2 Å². The molecule has 1 aromatic carbocycles. The summed E-state index contributed by atoms with van der Waals surface area (Å²) in [6.07, 6.45) is 6.10. The van der Waals surface area contributed by atoms with E-state index in [-0.39, 0.29) is 0 Å². The highest BCUT2D eigenvalue weighted by molar-refractivity contribution is 5.39. The zero-order valence-electron chi connectivity index (χ0n) is 9.78. The smallest absolute Gasteiger partial charge is 0.0656 e. The average Bonchev–Trinajstić information content (AvgIpc) is 2.68. The number of ether oxygens (including phenoxy) is 1. The standard InChI is InChI=1S/C15H18O/c1-15-7-6-11-9-13(15)14(16-11)8-10-4-2-3-5-12(10)15/h2-5,11,13-14H,6-9H2,1H3/t11-,13+,14+,15-/m1/s1. The van der Waals surface area contributed by atoms with E-state index in [9.17, 15) is 0 Å². The zero-order chi connectivity index (χ0) is 10.8. The minimum Gasteiger partial charge on any atom is -0.374 e. The largest absolute Gasteiger partial charge is 0.374 e. The number of hydrogen-bond acceptors (Lipinski definition) is 1. The third-order valence-corrected chi connectivity index (χ3v) is 5.19. The van der Waals surface area contributed by atoms with Crippen LogP contribution in [-0.2, 0) is 16.6 Å². The minimum absolute atomic E-state index is 0.395. The fraction of sp³-hybridized carbons (Fsp3) is 0.600. The summed E-state index contributed by atoms with van der Waals surface area (Å²) in [7, 11) is 0. The van der Waals surface area contributed by atoms with Gasteiger partial charge in [0.25, 0.3) is 0 Å². The van der Waals surface area contributed by atoms with Gasteiger partial charge in [-0.15, -0.1) is 0 Å². The lowest BCUT2D eigenvalue weighted by atomic mass is 9.58. The molecule has 1 aliphatic heterocycles. The van der Waals surface area contributed by atoms with Gasteiger partial charge < -0.3 is 4.74 Å². The van der Waals surface area contributed by atoms with Crippen molar-refractivity contribution in [1.82, 2.24) is 0 Å². The summed E-state index contributed by atoms with van der Waals surface area (Å²) in [5.41, 5.74) is 3.54. The molecule has 1 saturated heterocycles. The Kier molecular flexibility index (Phi) is 1.67. The Hall–Kier alpha value is -0.820. The molecule has 1 heteroatoms. The van der Waals surface area contributed by atoms with Gasteiger partial charge in [0, 0.05) is 0 Å². The fourth-order valence-corrected chi connectivity index (χ4v) is 4.33. The molecule has 0 radical (unpaired) electrons. The summed E-state index contributed by atoms with van der Waals surface area (Å²) >= 11 is 0. The lowest BCUT2D eigenvalue weighted by Crippen LogP contribution is -2.43. The van der Waals surface area contributed by atoms with E-state index < -0.39 is 0 Å². The van der Waals surface area contributed by atoms with Gasteiger partial charge in [-0.05, 0) is 48.1 Å². The highest BCUT2D eigenvalue weighted by atomic mass is 16.5. The van der Waals surface area contributed by atoms with Gasteiger partial charge in [0.15, 0.2) is 0 Å². The Balaban J connectivity index is 1.92. The molecule has 0 unspecified atom stereocenters. The van der Waals surface area contributed by atoms with Crippen LogP contribution in [0.25, 0.3) is 0 Å². The molecular weight excluding hydrogens is 196 g/mol. The quantitative estimate of drug-likeness (QED) is 0.645. The third-order valence-electron chi connectivity index (χ3n) is 5.19. The monoisotopic (exact) mass is 214 g/mol. The normalized spacial score (nSPS) is 44.2. The Morgan fingerprint density at radius 2 is 2.19 bits per heavy atom. The van der Waals surface area contributed by atoms with Gasteiger partial charge in [-0.1, -0.05) is 31.2 Å². The van der Waals surface area contributed by atoms with Gasteiger partial charge in [0.2, 0.25) is 0 Å². The second-order valence-corrected chi connectivity index (χ2v) is 5.96. The third kappa shape index (κ3) is 1.00. The predicted molar refractivity (Wildman–Crippen MR) is 63.5 cm³/mol. The maximum absolute atomic E-state index is 6.18. The van der Waals surface area contributed by atoms with Gasteiger partial charge in [-0.3, -0.25) is 0 Å². The number of benzene rings is 1. The molecule has 16 heavy (non-hydrogen) atoms. The first kappa shape index (κ1) is 9.23. The molecule has 2 aliphatic carbocycles. The van der Waals surface area contributed by atoms with E-state index in [0.717, 1.165) is 12.3 Å². The van der Waals surface area contributed by atoms with Crippen molar-refractivity contribution < 1.29 is 4.74 Å². The SMILES string of the molecule is C[C@]12CC[C@@H]3C[C@H]1[C@H](Cc1ccccc12)O3. The zero-order valence-corrected chi connectivity index (χ0v) is 9.78. The molecule has 1 saturated carbocycles. The minimum atomic E-state index is 0.395. The van der Waals surface area contributed by atoms with Crippen LogP contribution in [0.15, 0.2) is 24.3 Å². The second kappa shape index (κ2) is 2.89. The molecule has 0 spiro atoms. The Morgan fingerprint density at radius 1 is 1.31 bits per heavy atom. The topological polar surface area (TPSA) is 9.23 Å². The summed E-state index contributed by atoms with van der Waals surface area (Å²) in [4.78, 5) is 0. The fourth-order valence-electron chi connectivity index (χ4n) is 4.33. The molecule has 1 heterocycles. The van der Waals surface area contributed by atoms with Crippen molar-refractivity contribution in [2.24, 2.45) is 5.92 Å². The van der Waals surface area contributed by atoms with E-state index in [1.165, 1.54) is 24.8 Å². The van der Waals surface area contributed by atoms with E-state index >= 15 is 0 Å². The van der Waals surface area contributed by atoms with Gasteiger partial charge in [-0.2, -0.15) is 0 Å². The maximum Gasteiger partial charge on any atom is 0.0656 e. The van der Waals surface area contributed by atoms with E-state index in [0.29, 0.717) is 17.6 Å². The van der Waals surface area contributed by atoms with Crippen molar-refractivity contribution in [1.29, 1.82) is 0 Å². The first-order valence-electron chi connectivity index (χ1n) is 6.51.